The van der Waals surface area contributed by atoms with Crippen LogP contribution >= 0.6 is 0 Å². The highest BCUT2D eigenvalue weighted by Gasteiger charge is 2.57. The van der Waals surface area contributed by atoms with E-state index < -0.39 is 23.2 Å². The molecule has 0 bridgehead atoms. The van der Waals surface area contributed by atoms with Crippen LogP contribution in [-0.2, 0) is 12.1 Å². The number of piperazine rings is 1. The van der Waals surface area contributed by atoms with Gasteiger partial charge < -0.3 is 14.6 Å². The number of hydrogen-bond acceptors (Lipinski definition) is 6. The lowest BCUT2D eigenvalue weighted by molar-refractivity contribution is -0.384. The summed E-state index contributed by atoms with van der Waals surface area (Å²) in [6.07, 6.45) is -2.33. The van der Waals surface area contributed by atoms with Crippen LogP contribution in [0.3, 0.4) is 0 Å². The van der Waals surface area contributed by atoms with Crippen molar-refractivity contribution in [3.8, 4) is 0 Å². The second kappa shape index (κ2) is 10.7. The van der Waals surface area contributed by atoms with E-state index >= 15 is 0 Å². The predicted octanol–water partition coefficient (Wildman–Crippen LogP) is 4.20. The number of alkyl halides is 3. The van der Waals surface area contributed by atoms with Crippen molar-refractivity contribution >= 4 is 22.5 Å². The number of nitrogens with zero attached hydrogens (tertiary/aromatic N) is 5. The number of amides is 1. The van der Waals surface area contributed by atoms with Crippen molar-refractivity contribution in [2.24, 2.45) is 0 Å². The highest BCUT2D eigenvalue weighted by atomic mass is 19.4. The molecule has 12 heteroatoms. The summed E-state index contributed by atoms with van der Waals surface area (Å²) < 4.78 is 45.5. The maximum atomic E-state index is 14.7. The van der Waals surface area contributed by atoms with Gasteiger partial charge in [-0.1, -0.05) is 36.4 Å². The molecule has 2 aromatic carbocycles. The molecule has 9 nitrogen and oxygen atoms in total. The molecule has 3 heterocycles. The molecule has 1 aliphatic rings. The summed E-state index contributed by atoms with van der Waals surface area (Å²) >= 11 is 0. The minimum atomic E-state index is -5.05. The Bertz CT molecular complexity index is 1520. The maximum absolute atomic E-state index is 14.7. The van der Waals surface area contributed by atoms with E-state index in [0.29, 0.717) is 0 Å². The first kappa shape index (κ1) is 27.3. The fraction of sp³-hybridized carbons (Fsp3) is 0.286. The molecule has 1 aliphatic heterocycles. The van der Waals surface area contributed by atoms with Crippen molar-refractivity contribution < 1.29 is 28.0 Å². The van der Waals surface area contributed by atoms with Crippen LogP contribution in [-0.4, -0.2) is 74.2 Å². The summed E-state index contributed by atoms with van der Waals surface area (Å²) in [6.45, 7) is -0.0307. The number of fused-ring (bicyclic) bond motifs is 1. The van der Waals surface area contributed by atoms with Crippen LogP contribution in [0.4, 0.5) is 18.9 Å². The molecular weight excluding hydrogens is 527 g/mol. The summed E-state index contributed by atoms with van der Waals surface area (Å²) in [5, 5.41) is 22.9. The lowest BCUT2D eigenvalue weighted by atomic mass is 9.91. The Kier molecular flexibility index (Phi) is 7.30. The predicted molar refractivity (Wildman–Crippen MR) is 141 cm³/mol. The Morgan fingerprint density at radius 3 is 2.33 bits per heavy atom. The second-order valence-corrected chi connectivity index (χ2v) is 9.76. The quantitative estimate of drug-likeness (QED) is 0.272. The van der Waals surface area contributed by atoms with Gasteiger partial charge in [-0.3, -0.25) is 24.8 Å². The highest BCUT2D eigenvalue weighted by molar-refractivity contribution is 5.92. The SMILES string of the molecule is O=C(c1ccccn1)N1CCN(CC(O)(c2cn(Cc3ccccc3)c3cc([N+](=O)[O-])ccc23)C(F)(F)F)CC1. The number of β-amino-alcohol motifs (C(OH)–C–C–N with tert-alkyl or cyclic N) is 1. The van der Waals surface area contributed by atoms with Crippen molar-refractivity contribution in [3.63, 3.8) is 0 Å². The fourth-order valence-corrected chi connectivity index (χ4v) is 5.05. The minimum Gasteiger partial charge on any atom is -0.375 e. The molecule has 1 N–H and O–H groups in total. The molecule has 1 fully saturated rings. The number of pyridine rings is 1. The molecule has 2 aromatic heterocycles. The number of nitro groups is 1. The second-order valence-electron chi connectivity index (χ2n) is 9.76. The van der Waals surface area contributed by atoms with Gasteiger partial charge in [-0.05, 0) is 23.8 Å². The molecule has 0 radical (unpaired) electrons. The van der Waals surface area contributed by atoms with Crippen LogP contribution in [0.15, 0.2) is 79.1 Å². The van der Waals surface area contributed by atoms with Gasteiger partial charge in [0.25, 0.3) is 11.6 Å². The average Bonchev–Trinajstić information content (AvgIpc) is 3.31. The zero-order chi connectivity index (χ0) is 28.5. The highest BCUT2D eigenvalue weighted by Crippen LogP contribution is 2.44. The minimum absolute atomic E-state index is 0.0744. The first-order valence-electron chi connectivity index (χ1n) is 12.6. The van der Waals surface area contributed by atoms with Crippen molar-refractivity contribution in [1.29, 1.82) is 0 Å². The molecule has 1 unspecified atom stereocenters. The number of rotatable bonds is 7. The Morgan fingerprint density at radius 2 is 1.70 bits per heavy atom. The molecule has 208 valence electrons. The lowest BCUT2D eigenvalue weighted by Gasteiger charge is -2.40. The van der Waals surface area contributed by atoms with Crippen LogP contribution in [0, 0.1) is 10.1 Å². The van der Waals surface area contributed by atoms with E-state index in [4.69, 9.17) is 0 Å². The molecule has 0 saturated carbocycles. The first-order chi connectivity index (χ1) is 19.1. The van der Waals surface area contributed by atoms with E-state index in [1.807, 2.05) is 0 Å². The van der Waals surface area contributed by atoms with Gasteiger partial charge in [0.1, 0.15) is 5.69 Å². The average molecular weight is 554 g/mol. The van der Waals surface area contributed by atoms with Gasteiger partial charge in [-0.25, -0.2) is 0 Å². The van der Waals surface area contributed by atoms with E-state index in [1.165, 1.54) is 38.9 Å². The van der Waals surface area contributed by atoms with Crippen molar-refractivity contribution in [3.05, 3.63) is 106 Å². The van der Waals surface area contributed by atoms with Gasteiger partial charge in [0.2, 0.25) is 5.60 Å². The number of aliphatic hydroxyl groups is 1. The third-order valence-corrected chi connectivity index (χ3v) is 7.18. The zero-order valence-corrected chi connectivity index (χ0v) is 21.3. The molecule has 4 aromatic rings. The molecule has 40 heavy (non-hydrogen) atoms. The molecule has 0 spiro atoms. The van der Waals surface area contributed by atoms with Crippen molar-refractivity contribution in [1.82, 2.24) is 19.4 Å². The van der Waals surface area contributed by atoms with Crippen molar-refractivity contribution in [2.75, 3.05) is 32.7 Å². The summed E-state index contributed by atoms with van der Waals surface area (Å²) in [6, 6.07) is 17.5. The van der Waals surface area contributed by atoms with Crippen LogP contribution in [0.1, 0.15) is 21.6 Å². The zero-order valence-electron chi connectivity index (χ0n) is 21.3. The summed E-state index contributed by atoms with van der Waals surface area (Å²) in [5.74, 6) is -0.308. The largest absolute Gasteiger partial charge is 0.422 e. The van der Waals surface area contributed by atoms with Crippen molar-refractivity contribution in [2.45, 2.75) is 18.3 Å². The van der Waals surface area contributed by atoms with Gasteiger partial charge in [-0.2, -0.15) is 13.2 Å². The third kappa shape index (κ3) is 5.27. The third-order valence-electron chi connectivity index (χ3n) is 7.18. The van der Waals surface area contributed by atoms with E-state index in [-0.39, 0.29) is 66.5 Å². The normalized spacial score (nSPS) is 16.1. The number of non-ortho nitro benzene ring substituents is 1. The topological polar surface area (TPSA) is 105 Å². The van der Waals surface area contributed by atoms with Crippen LogP contribution < -0.4 is 0 Å². The Morgan fingerprint density at radius 1 is 1.00 bits per heavy atom. The number of nitro benzene ring substituents is 1. The monoisotopic (exact) mass is 553 g/mol. The summed E-state index contributed by atoms with van der Waals surface area (Å²) in [4.78, 5) is 30.6. The molecule has 1 saturated heterocycles. The van der Waals surface area contributed by atoms with E-state index in [0.717, 1.165) is 11.6 Å². The van der Waals surface area contributed by atoms with E-state index in [1.54, 1.807) is 48.5 Å². The summed E-state index contributed by atoms with van der Waals surface area (Å²) in [5.41, 5.74) is -2.67. The fourth-order valence-electron chi connectivity index (χ4n) is 5.05. The Balaban J connectivity index is 1.46. The number of carbonyl (C=O) groups is 1. The molecule has 1 amide bonds. The Hall–Kier alpha value is -4.29. The first-order valence-corrected chi connectivity index (χ1v) is 12.6. The van der Waals surface area contributed by atoms with E-state index in [9.17, 15) is 33.2 Å². The number of halogens is 3. The van der Waals surface area contributed by atoms with Gasteiger partial charge in [0.15, 0.2) is 0 Å². The molecule has 0 aliphatic carbocycles. The molecule has 1 atom stereocenters. The number of carbonyl (C=O) groups excluding carboxylic acids is 1. The number of aromatic nitrogens is 2. The van der Waals surface area contributed by atoms with Gasteiger partial charge >= 0.3 is 6.18 Å². The smallest absolute Gasteiger partial charge is 0.375 e. The molecule has 5 rings (SSSR count). The van der Waals surface area contributed by atoms with Gasteiger partial charge in [0, 0.05) is 74.7 Å². The van der Waals surface area contributed by atoms with E-state index in [2.05, 4.69) is 4.98 Å². The Labute approximate surface area is 227 Å². The van der Waals surface area contributed by atoms with Gasteiger partial charge in [0.05, 0.1) is 10.4 Å². The van der Waals surface area contributed by atoms with Crippen LogP contribution in [0.25, 0.3) is 10.9 Å². The maximum Gasteiger partial charge on any atom is 0.422 e. The van der Waals surface area contributed by atoms with Crippen LogP contribution in [0.5, 0.6) is 0 Å². The van der Waals surface area contributed by atoms with Gasteiger partial charge in [-0.15, -0.1) is 0 Å². The lowest BCUT2D eigenvalue weighted by Crippen LogP contribution is -2.56. The van der Waals surface area contributed by atoms with Crippen LogP contribution in [0.2, 0.25) is 0 Å². The summed E-state index contributed by atoms with van der Waals surface area (Å²) in [7, 11) is 0. The molecular formula is C28H26F3N5O4. The standard InChI is InChI=1S/C28H26F3N5O4/c29-28(30,31)27(38,19-33-12-14-34(15-13-33)26(37)24-8-4-5-11-32-24)23-18-35(17-20-6-2-1-3-7-20)25-16-21(36(39)40)9-10-22(23)25/h1-11,16,18,38H,12-15,17,19H2. The number of benzene rings is 2. The number of hydrogen-bond donors (Lipinski definition) is 1.